The number of hydrogen-bond donors (Lipinski definition) is 2. The van der Waals surface area contributed by atoms with Crippen LogP contribution in [0.4, 0.5) is 0 Å². The van der Waals surface area contributed by atoms with E-state index in [0.717, 1.165) is 10.8 Å². The Hall–Kier alpha value is -0.130. The molecule has 0 saturated carbocycles. The minimum absolute atomic E-state index is 0.0550. The molecule has 1 aliphatic heterocycles. The molecule has 3 nitrogen and oxygen atoms in total. The minimum atomic E-state index is 0.0550. The molecule has 1 saturated heterocycles. The van der Waals surface area contributed by atoms with Crippen LogP contribution in [0.1, 0.15) is 44.0 Å². The van der Waals surface area contributed by atoms with E-state index in [1.165, 1.54) is 30.8 Å². The lowest BCUT2D eigenvalue weighted by molar-refractivity contribution is 0.0854. The van der Waals surface area contributed by atoms with Crippen LogP contribution in [0.3, 0.4) is 0 Å². The number of thiophene rings is 1. The molecule has 2 rings (SSSR count). The van der Waals surface area contributed by atoms with Gasteiger partial charge in [0.2, 0.25) is 0 Å². The van der Waals surface area contributed by atoms with Crippen molar-refractivity contribution in [1.82, 2.24) is 10.3 Å². The second-order valence-electron chi connectivity index (χ2n) is 5.15. The lowest BCUT2D eigenvalue weighted by Crippen LogP contribution is -2.54. The zero-order chi connectivity index (χ0) is 13.2. The molecule has 0 aliphatic carbocycles. The van der Waals surface area contributed by atoms with Gasteiger partial charge in [-0.25, -0.2) is 0 Å². The quantitative estimate of drug-likeness (QED) is 0.646. The summed E-state index contributed by atoms with van der Waals surface area (Å²) in [7, 11) is 0. The summed E-state index contributed by atoms with van der Waals surface area (Å²) in [5.41, 5.74) is 3.07. The summed E-state index contributed by atoms with van der Waals surface area (Å²) in [6, 6.07) is 4.17. The molecule has 0 bridgehead atoms. The zero-order valence-corrected chi connectivity index (χ0v) is 12.7. The third-order valence-electron chi connectivity index (χ3n) is 4.21. The van der Waals surface area contributed by atoms with E-state index in [1.54, 1.807) is 11.3 Å². The van der Waals surface area contributed by atoms with Gasteiger partial charge < -0.3 is 0 Å². The summed E-state index contributed by atoms with van der Waals surface area (Å²) >= 11 is 7.67. The molecule has 0 aromatic carbocycles. The van der Waals surface area contributed by atoms with Gasteiger partial charge in [-0.15, -0.1) is 11.3 Å². The number of hydrazine groups is 1. The van der Waals surface area contributed by atoms with Crippen LogP contribution in [0.25, 0.3) is 0 Å². The first-order chi connectivity index (χ1) is 8.61. The molecule has 0 radical (unpaired) electrons. The molecule has 1 aliphatic rings. The standard InChI is InChI=1S/C13H22ClN3S/c1-3-13(2,17-8-4-5-9-17)12(16-15)10-6-7-11(14)18-10/h6-7,12,16H,3-5,8-9,15H2,1-2H3. The van der Waals surface area contributed by atoms with Gasteiger partial charge in [0.1, 0.15) is 0 Å². The molecular formula is C13H22ClN3S. The number of nitrogens with zero attached hydrogens (tertiary/aromatic N) is 1. The van der Waals surface area contributed by atoms with E-state index in [2.05, 4.69) is 30.2 Å². The molecule has 5 heteroatoms. The average Bonchev–Trinajstić information content (AvgIpc) is 3.01. The normalized spacial score (nSPS) is 22.0. The summed E-state index contributed by atoms with van der Waals surface area (Å²) < 4.78 is 0.824. The predicted octanol–water partition coefficient (Wildman–Crippen LogP) is 3.17. The third-order valence-corrected chi connectivity index (χ3v) is 5.51. The molecule has 2 unspecified atom stereocenters. The summed E-state index contributed by atoms with van der Waals surface area (Å²) in [6.45, 7) is 6.87. The van der Waals surface area contributed by atoms with Crippen molar-refractivity contribution < 1.29 is 0 Å². The van der Waals surface area contributed by atoms with E-state index in [1.807, 2.05) is 6.07 Å². The van der Waals surface area contributed by atoms with Crippen molar-refractivity contribution in [2.75, 3.05) is 13.1 Å². The number of halogens is 1. The van der Waals surface area contributed by atoms with Gasteiger partial charge in [-0.2, -0.15) is 0 Å². The Morgan fingerprint density at radius 3 is 2.61 bits per heavy atom. The Morgan fingerprint density at radius 2 is 2.17 bits per heavy atom. The van der Waals surface area contributed by atoms with Crippen LogP contribution in [0.15, 0.2) is 12.1 Å². The number of rotatable bonds is 5. The van der Waals surface area contributed by atoms with Gasteiger partial charge in [0, 0.05) is 10.4 Å². The summed E-state index contributed by atoms with van der Waals surface area (Å²) in [4.78, 5) is 3.78. The van der Waals surface area contributed by atoms with Crippen molar-refractivity contribution in [2.45, 2.75) is 44.7 Å². The Kier molecular flexibility index (Phi) is 4.67. The highest BCUT2D eigenvalue weighted by molar-refractivity contribution is 7.16. The van der Waals surface area contributed by atoms with Crippen LogP contribution >= 0.6 is 22.9 Å². The van der Waals surface area contributed by atoms with Crippen molar-refractivity contribution >= 4 is 22.9 Å². The van der Waals surface area contributed by atoms with Crippen molar-refractivity contribution in [2.24, 2.45) is 5.84 Å². The molecule has 2 heterocycles. The SMILES string of the molecule is CCC(C)(C(NN)c1ccc(Cl)s1)N1CCCC1. The fourth-order valence-electron chi connectivity index (χ4n) is 2.89. The van der Waals surface area contributed by atoms with Gasteiger partial charge in [-0.05, 0) is 51.4 Å². The second-order valence-corrected chi connectivity index (χ2v) is 6.89. The van der Waals surface area contributed by atoms with Crippen molar-refractivity contribution in [3.63, 3.8) is 0 Å². The van der Waals surface area contributed by atoms with E-state index < -0.39 is 0 Å². The first kappa shape index (κ1) is 14.3. The topological polar surface area (TPSA) is 41.3 Å². The van der Waals surface area contributed by atoms with Crippen LogP contribution in [-0.4, -0.2) is 23.5 Å². The van der Waals surface area contributed by atoms with Gasteiger partial charge >= 0.3 is 0 Å². The van der Waals surface area contributed by atoms with Crippen LogP contribution < -0.4 is 11.3 Å². The fourth-order valence-corrected chi connectivity index (χ4v) is 4.16. The van der Waals surface area contributed by atoms with Crippen molar-refractivity contribution in [1.29, 1.82) is 0 Å². The van der Waals surface area contributed by atoms with Crippen LogP contribution in [0.5, 0.6) is 0 Å². The molecular weight excluding hydrogens is 266 g/mol. The van der Waals surface area contributed by atoms with E-state index in [4.69, 9.17) is 17.4 Å². The number of nitrogens with two attached hydrogens (primary N) is 1. The van der Waals surface area contributed by atoms with Gasteiger partial charge in [-0.1, -0.05) is 18.5 Å². The number of hydrogen-bond acceptors (Lipinski definition) is 4. The van der Waals surface area contributed by atoms with Crippen LogP contribution in [0, 0.1) is 0 Å². The monoisotopic (exact) mass is 287 g/mol. The highest BCUT2D eigenvalue weighted by atomic mass is 35.5. The summed E-state index contributed by atoms with van der Waals surface area (Å²) in [5, 5.41) is 0. The smallest absolute Gasteiger partial charge is 0.0931 e. The van der Waals surface area contributed by atoms with E-state index in [9.17, 15) is 0 Å². The summed E-state index contributed by atoms with van der Waals surface area (Å²) in [6.07, 6.45) is 3.65. The number of likely N-dealkylation sites (tertiary alicyclic amines) is 1. The Balaban J connectivity index is 2.27. The molecule has 1 aromatic heterocycles. The fraction of sp³-hybridized carbons (Fsp3) is 0.692. The highest BCUT2D eigenvalue weighted by Crippen LogP contribution is 2.39. The van der Waals surface area contributed by atoms with Crippen LogP contribution in [0.2, 0.25) is 4.34 Å². The minimum Gasteiger partial charge on any atom is -0.296 e. The van der Waals surface area contributed by atoms with Crippen LogP contribution in [-0.2, 0) is 0 Å². The van der Waals surface area contributed by atoms with Gasteiger partial charge in [0.05, 0.1) is 10.4 Å². The lowest BCUT2D eigenvalue weighted by atomic mass is 9.87. The van der Waals surface area contributed by atoms with Gasteiger partial charge in [0.25, 0.3) is 0 Å². The maximum Gasteiger partial charge on any atom is 0.0931 e. The second kappa shape index (κ2) is 5.88. The molecule has 3 N–H and O–H groups in total. The Labute approximate surface area is 118 Å². The lowest BCUT2D eigenvalue weighted by Gasteiger charge is -2.43. The Morgan fingerprint density at radius 1 is 1.50 bits per heavy atom. The average molecular weight is 288 g/mol. The van der Waals surface area contributed by atoms with Crippen molar-refractivity contribution in [3.05, 3.63) is 21.3 Å². The largest absolute Gasteiger partial charge is 0.296 e. The molecule has 0 amide bonds. The van der Waals surface area contributed by atoms with Crippen molar-refractivity contribution in [3.8, 4) is 0 Å². The van der Waals surface area contributed by atoms with Gasteiger partial charge in [-0.3, -0.25) is 16.2 Å². The first-order valence-electron chi connectivity index (χ1n) is 6.58. The number of nitrogens with one attached hydrogen (secondary N) is 1. The predicted molar refractivity (Wildman–Crippen MR) is 78.9 cm³/mol. The zero-order valence-electron chi connectivity index (χ0n) is 11.1. The van der Waals surface area contributed by atoms with Gasteiger partial charge in [0.15, 0.2) is 0 Å². The molecule has 18 heavy (non-hydrogen) atoms. The van der Waals surface area contributed by atoms with E-state index >= 15 is 0 Å². The van der Waals surface area contributed by atoms with E-state index in [0.29, 0.717) is 0 Å². The Bertz CT molecular complexity index is 389. The third kappa shape index (κ3) is 2.58. The molecule has 2 atom stereocenters. The highest BCUT2D eigenvalue weighted by Gasteiger charge is 2.40. The summed E-state index contributed by atoms with van der Waals surface area (Å²) in [5.74, 6) is 5.83. The van der Waals surface area contributed by atoms with E-state index in [-0.39, 0.29) is 11.6 Å². The maximum atomic E-state index is 6.05. The molecule has 102 valence electrons. The molecule has 1 fully saturated rings. The first-order valence-corrected chi connectivity index (χ1v) is 7.77. The molecule has 0 spiro atoms. The maximum absolute atomic E-state index is 6.05. The molecule has 1 aromatic rings.